The highest BCUT2D eigenvalue weighted by Gasteiger charge is 2.28. The predicted molar refractivity (Wildman–Crippen MR) is 173 cm³/mol. The fraction of sp³-hybridized carbons (Fsp3) is 0.258. The number of anilines is 3. The van der Waals surface area contributed by atoms with Gasteiger partial charge in [-0.05, 0) is 64.4 Å². The van der Waals surface area contributed by atoms with Gasteiger partial charge in [-0.15, -0.1) is 0 Å². The van der Waals surface area contributed by atoms with Crippen molar-refractivity contribution < 1.29 is 12.8 Å². The van der Waals surface area contributed by atoms with E-state index in [-0.39, 0.29) is 33.4 Å². The molecule has 0 saturated carbocycles. The van der Waals surface area contributed by atoms with Crippen molar-refractivity contribution in [2.75, 3.05) is 16.8 Å². The van der Waals surface area contributed by atoms with Gasteiger partial charge in [0.25, 0.3) is 5.56 Å². The van der Waals surface area contributed by atoms with Crippen LogP contribution in [0.25, 0.3) is 27.7 Å². The van der Waals surface area contributed by atoms with E-state index in [2.05, 4.69) is 25.0 Å². The van der Waals surface area contributed by atoms with E-state index in [0.717, 1.165) is 0 Å². The normalized spacial score (nSPS) is 12.8. The van der Waals surface area contributed by atoms with Crippen molar-refractivity contribution in [1.82, 2.24) is 29.2 Å². The van der Waals surface area contributed by atoms with Crippen LogP contribution >= 0.6 is 0 Å². The summed E-state index contributed by atoms with van der Waals surface area (Å²) in [6.45, 7) is 8.74. The van der Waals surface area contributed by atoms with Gasteiger partial charge < -0.3 is 16.8 Å². The largest absolute Gasteiger partial charge is 0.383 e. The van der Waals surface area contributed by atoms with Gasteiger partial charge >= 0.3 is 0 Å². The third kappa shape index (κ3) is 6.33. The topological polar surface area (TPSA) is 184 Å². The Balaban J connectivity index is 1.69. The van der Waals surface area contributed by atoms with E-state index in [4.69, 9.17) is 16.5 Å². The van der Waals surface area contributed by atoms with Gasteiger partial charge in [0.15, 0.2) is 0 Å². The van der Waals surface area contributed by atoms with Gasteiger partial charge in [-0.2, -0.15) is 4.98 Å². The molecule has 12 nitrogen and oxygen atoms in total. The quantitative estimate of drug-likeness (QED) is 0.190. The Labute approximate surface area is 259 Å². The van der Waals surface area contributed by atoms with E-state index in [1.165, 1.54) is 29.0 Å². The third-order valence-electron chi connectivity index (χ3n) is 6.93. The fourth-order valence-electron chi connectivity index (χ4n) is 5.09. The molecule has 0 spiro atoms. The van der Waals surface area contributed by atoms with Crippen LogP contribution in [0.2, 0.25) is 0 Å². The number of rotatable bonds is 8. The van der Waals surface area contributed by atoms with E-state index in [1.807, 2.05) is 13.0 Å². The summed E-state index contributed by atoms with van der Waals surface area (Å²) in [6.07, 6.45) is 1.84. The monoisotopic (exact) mass is 631 g/mol. The molecule has 0 radical (unpaired) electrons. The van der Waals surface area contributed by atoms with E-state index >= 15 is 0 Å². The summed E-state index contributed by atoms with van der Waals surface area (Å²) in [5.74, 6) is -0.330. The Morgan fingerprint density at radius 2 is 1.73 bits per heavy atom. The van der Waals surface area contributed by atoms with Gasteiger partial charge in [0.05, 0.1) is 22.9 Å². The number of nitrogens with zero attached hydrogens (tertiary/aromatic N) is 5. The van der Waals surface area contributed by atoms with Gasteiger partial charge in [0, 0.05) is 22.9 Å². The SMILES string of the molecule is CCC(Nc1nc(N)nc(C)c1-c1cnc(N)c(S(=O)(=O)NC(C)(C)C)c1)c1nc2cccc(F)c2c(=O)n1-c1ccccc1. The maximum atomic E-state index is 14.9. The number of benzene rings is 2. The molecule has 0 aliphatic heterocycles. The molecule has 0 saturated heterocycles. The first-order chi connectivity index (χ1) is 21.2. The highest BCUT2D eigenvalue weighted by Crippen LogP contribution is 2.35. The lowest BCUT2D eigenvalue weighted by Gasteiger charge is -2.24. The molecule has 1 atom stereocenters. The Kier molecular flexibility index (Phi) is 8.29. The molecule has 234 valence electrons. The molecule has 2 aromatic carbocycles. The van der Waals surface area contributed by atoms with Crippen LogP contribution in [-0.4, -0.2) is 38.5 Å². The number of hydrogen-bond acceptors (Lipinski definition) is 10. The number of para-hydroxylation sites is 1. The minimum atomic E-state index is -4.05. The highest BCUT2D eigenvalue weighted by atomic mass is 32.2. The van der Waals surface area contributed by atoms with Crippen molar-refractivity contribution in [1.29, 1.82) is 0 Å². The first-order valence-electron chi connectivity index (χ1n) is 14.2. The first-order valence-corrected chi connectivity index (χ1v) is 15.7. The van der Waals surface area contributed by atoms with Gasteiger partial charge in [0.2, 0.25) is 16.0 Å². The number of aryl methyl sites for hydroxylation is 1. The van der Waals surface area contributed by atoms with Crippen LogP contribution < -0.4 is 27.1 Å². The summed E-state index contributed by atoms with van der Waals surface area (Å²) in [6, 6.07) is 13.9. The molecule has 0 amide bonds. The molecule has 0 aliphatic carbocycles. The number of sulfonamides is 1. The van der Waals surface area contributed by atoms with E-state index < -0.39 is 33.0 Å². The first kappa shape index (κ1) is 31.5. The van der Waals surface area contributed by atoms with E-state index in [0.29, 0.717) is 34.8 Å². The van der Waals surface area contributed by atoms with Crippen molar-refractivity contribution in [3.05, 3.63) is 88.5 Å². The maximum absolute atomic E-state index is 14.9. The van der Waals surface area contributed by atoms with Crippen molar-refractivity contribution in [2.45, 2.75) is 57.5 Å². The number of aromatic nitrogens is 5. The van der Waals surface area contributed by atoms with E-state index in [1.54, 1.807) is 58.0 Å². The maximum Gasteiger partial charge on any atom is 0.269 e. The van der Waals surface area contributed by atoms with Crippen LogP contribution in [0.3, 0.4) is 0 Å². The number of hydrogen-bond donors (Lipinski definition) is 4. The summed E-state index contributed by atoms with van der Waals surface area (Å²) < 4.78 is 45.4. The smallest absolute Gasteiger partial charge is 0.269 e. The second kappa shape index (κ2) is 11.9. The van der Waals surface area contributed by atoms with Crippen LogP contribution in [0, 0.1) is 12.7 Å². The van der Waals surface area contributed by atoms with Crippen LogP contribution in [0.5, 0.6) is 0 Å². The number of halogens is 1. The van der Waals surface area contributed by atoms with E-state index in [9.17, 15) is 17.6 Å². The molecule has 1 unspecified atom stereocenters. The van der Waals surface area contributed by atoms with Crippen molar-refractivity contribution in [3.8, 4) is 16.8 Å². The molecule has 0 aliphatic rings. The molecule has 3 heterocycles. The zero-order valence-corrected chi connectivity index (χ0v) is 26.3. The molecular formula is C31H34FN9O3S. The zero-order valence-electron chi connectivity index (χ0n) is 25.5. The van der Waals surface area contributed by atoms with Crippen LogP contribution in [-0.2, 0) is 10.0 Å². The molecule has 0 fully saturated rings. The summed E-state index contributed by atoms with van der Waals surface area (Å²) in [4.78, 5) is 31.3. The zero-order chi connectivity index (χ0) is 32.7. The van der Waals surface area contributed by atoms with Crippen LogP contribution in [0.4, 0.5) is 22.0 Å². The summed E-state index contributed by atoms with van der Waals surface area (Å²) in [5, 5.41) is 3.22. The highest BCUT2D eigenvalue weighted by molar-refractivity contribution is 7.89. The van der Waals surface area contributed by atoms with Crippen LogP contribution in [0.1, 0.15) is 51.7 Å². The molecule has 3 aromatic heterocycles. The van der Waals surface area contributed by atoms with Gasteiger partial charge in [-0.25, -0.2) is 32.5 Å². The third-order valence-corrected chi connectivity index (χ3v) is 8.71. The molecule has 45 heavy (non-hydrogen) atoms. The molecule has 6 N–H and O–H groups in total. The average Bonchev–Trinajstić information content (AvgIpc) is 2.95. The average molecular weight is 632 g/mol. The van der Waals surface area contributed by atoms with Gasteiger partial charge in [0.1, 0.15) is 33.6 Å². The Morgan fingerprint density at radius 3 is 2.40 bits per heavy atom. The standard InChI is InChI=1S/C31H34FN9O3S/c1-6-21(28-38-22-14-10-13-20(32)25(22)29(42)41(28)19-11-8-7-9-12-19)37-27-24(17(2)36-30(34)39-27)18-15-23(26(33)35-16-18)45(43,44)40-31(3,4)5/h7-16,21,40H,6H2,1-5H3,(H2,33,35)(H3,34,36,37,39). The summed E-state index contributed by atoms with van der Waals surface area (Å²) >= 11 is 0. The lowest BCUT2D eigenvalue weighted by Crippen LogP contribution is -2.40. The Morgan fingerprint density at radius 1 is 1.02 bits per heavy atom. The van der Waals surface area contributed by atoms with Gasteiger partial charge in [-0.3, -0.25) is 9.36 Å². The second-order valence-corrected chi connectivity index (χ2v) is 13.2. The predicted octanol–water partition coefficient (Wildman–Crippen LogP) is 4.49. The minimum Gasteiger partial charge on any atom is -0.383 e. The molecule has 0 bridgehead atoms. The van der Waals surface area contributed by atoms with Gasteiger partial charge in [-0.1, -0.05) is 31.2 Å². The number of nitrogens with two attached hydrogens (primary N) is 2. The number of nitrogen functional groups attached to an aromatic ring is 2. The second-order valence-electron chi connectivity index (χ2n) is 11.5. The number of nitrogens with one attached hydrogen (secondary N) is 2. The number of pyridine rings is 1. The molecular weight excluding hydrogens is 597 g/mol. The summed E-state index contributed by atoms with van der Waals surface area (Å²) in [7, 11) is -4.05. The van der Waals surface area contributed by atoms with Crippen LogP contribution in [0.15, 0.2) is 70.5 Å². The molecule has 14 heteroatoms. The van der Waals surface area contributed by atoms with Crippen molar-refractivity contribution in [2.24, 2.45) is 0 Å². The molecule has 5 rings (SSSR count). The lowest BCUT2D eigenvalue weighted by atomic mass is 10.1. The number of fused-ring (bicyclic) bond motifs is 1. The Hall–Kier alpha value is -4.95. The molecule has 5 aromatic rings. The summed E-state index contributed by atoms with van der Waals surface area (Å²) in [5.41, 5.74) is 12.7. The minimum absolute atomic E-state index is 0.0340. The van der Waals surface area contributed by atoms with Crippen molar-refractivity contribution >= 4 is 38.5 Å². The lowest BCUT2D eigenvalue weighted by molar-refractivity contribution is 0.491. The Bertz CT molecular complexity index is 2080. The fourth-order valence-corrected chi connectivity index (χ4v) is 6.62. The van der Waals surface area contributed by atoms with Crippen molar-refractivity contribution in [3.63, 3.8) is 0 Å².